The van der Waals surface area contributed by atoms with Gasteiger partial charge in [0, 0.05) is 23.2 Å². The summed E-state index contributed by atoms with van der Waals surface area (Å²) in [4.78, 5) is 20.3. The summed E-state index contributed by atoms with van der Waals surface area (Å²) in [7, 11) is 1.80. The first kappa shape index (κ1) is 18.6. The highest BCUT2D eigenvalue weighted by Gasteiger charge is 2.32. The fraction of sp³-hybridized carbons (Fsp3) is 0.0769. The molecule has 4 heteroatoms. The topological polar surface area (TPSA) is 32.7 Å². The van der Waals surface area contributed by atoms with Gasteiger partial charge in [-0.05, 0) is 34.5 Å². The second-order valence-electron chi connectivity index (χ2n) is 7.37. The largest absolute Gasteiger partial charge is 0.313 e. The van der Waals surface area contributed by atoms with Crippen molar-refractivity contribution in [2.75, 3.05) is 11.9 Å². The highest BCUT2D eigenvalue weighted by atomic mass is 35.5. The Hall–Kier alpha value is -3.43. The number of likely N-dealkylation sites (N-methyl/N-ethyl adjacent to an activating group) is 1. The molecule has 0 fully saturated rings. The molecule has 0 aromatic heterocycles. The molecule has 1 aliphatic heterocycles. The third kappa shape index (κ3) is 3.08. The zero-order valence-electron chi connectivity index (χ0n) is 16.4. The molecule has 0 spiro atoms. The molecule has 0 saturated heterocycles. The Bertz CT molecular complexity index is 1290. The first-order valence-corrected chi connectivity index (χ1v) is 10.2. The fourth-order valence-corrected chi connectivity index (χ4v) is 4.24. The van der Waals surface area contributed by atoms with Gasteiger partial charge in [-0.2, -0.15) is 0 Å². The molecule has 1 unspecified atom stereocenters. The molecular weight excluding hydrogens is 392 g/mol. The van der Waals surface area contributed by atoms with Gasteiger partial charge in [0.05, 0.1) is 11.4 Å². The zero-order chi connectivity index (χ0) is 20.7. The smallest absolute Gasteiger partial charge is 0.256 e. The molecule has 5 rings (SSSR count). The Morgan fingerprint density at radius 3 is 2.43 bits per heavy atom. The molecule has 1 heterocycles. The molecule has 1 atom stereocenters. The SMILES string of the molecule is CN1C(=O)C(c2cccc3ccccc23)N=C(c2ccccc2)c2cc(Cl)ccc21. The number of benzene rings is 4. The first-order chi connectivity index (χ1) is 14.6. The maximum atomic E-state index is 13.6. The molecule has 1 amide bonds. The number of hydrogen-bond acceptors (Lipinski definition) is 2. The summed E-state index contributed by atoms with van der Waals surface area (Å²) in [5.74, 6) is -0.0687. The van der Waals surface area contributed by atoms with E-state index in [0.29, 0.717) is 5.02 Å². The van der Waals surface area contributed by atoms with Crippen LogP contribution < -0.4 is 4.90 Å². The Morgan fingerprint density at radius 2 is 1.60 bits per heavy atom. The molecule has 0 N–H and O–H groups in total. The summed E-state index contributed by atoms with van der Waals surface area (Å²) in [6, 6.07) is 29.0. The first-order valence-electron chi connectivity index (χ1n) is 9.82. The quantitative estimate of drug-likeness (QED) is 0.396. The van der Waals surface area contributed by atoms with Crippen LogP contribution in [0.3, 0.4) is 0 Å². The minimum atomic E-state index is -0.650. The average molecular weight is 411 g/mol. The van der Waals surface area contributed by atoms with Crippen LogP contribution in [0.4, 0.5) is 5.69 Å². The lowest BCUT2D eigenvalue weighted by Crippen LogP contribution is -2.30. The highest BCUT2D eigenvalue weighted by Crippen LogP contribution is 2.36. The standard InChI is InChI=1S/C26H19ClN2O/c1-29-23-15-14-19(27)16-22(23)24(18-9-3-2-4-10-18)28-25(26(29)30)21-13-7-11-17-8-5-6-12-20(17)21/h2-16,25H,1H3. The number of nitrogens with zero attached hydrogens (tertiary/aromatic N) is 2. The number of fused-ring (bicyclic) bond motifs is 2. The van der Waals surface area contributed by atoms with E-state index in [0.717, 1.165) is 38.9 Å². The minimum Gasteiger partial charge on any atom is -0.313 e. The lowest BCUT2D eigenvalue weighted by atomic mass is 9.97. The van der Waals surface area contributed by atoms with Crippen LogP contribution in [-0.2, 0) is 4.79 Å². The third-order valence-corrected chi connectivity index (χ3v) is 5.80. The predicted octanol–water partition coefficient (Wildman–Crippen LogP) is 6.05. The number of carbonyl (C=O) groups excluding carboxylic acids is 1. The Kier molecular flexibility index (Phi) is 4.61. The van der Waals surface area contributed by atoms with Gasteiger partial charge in [0.2, 0.25) is 0 Å². The van der Waals surface area contributed by atoms with Crippen molar-refractivity contribution in [1.29, 1.82) is 0 Å². The van der Waals surface area contributed by atoms with Gasteiger partial charge in [0.25, 0.3) is 5.91 Å². The van der Waals surface area contributed by atoms with Crippen LogP contribution in [0.5, 0.6) is 0 Å². The summed E-state index contributed by atoms with van der Waals surface area (Å²) < 4.78 is 0. The number of carbonyl (C=O) groups is 1. The van der Waals surface area contributed by atoms with E-state index in [1.54, 1.807) is 11.9 Å². The van der Waals surface area contributed by atoms with Crippen LogP contribution in [-0.4, -0.2) is 18.7 Å². The second-order valence-corrected chi connectivity index (χ2v) is 7.81. The van der Waals surface area contributed by atoms with E-state index < -0.39 is 6.04 Å². The van der Waals surface area contributed by atoms with Gasteiger partial charge in [0.15, 0.2) is 6.04 Å². The molecule has 0 radical (unpaired) electrons. The van der Waals surface area contributed by atoms with Crippen molar-refractivity contribution in [1.82, 2.24) is 0 Å². The van der Waals surface area contributed by atoms with Gasteiger partial charge in [-0.25, -0.2) is 0 Å². The van der Waals surface area contributed by atoms with E-state index in [2.05, 4.69) is 12.1 Å². The molecule has 4 aromatic rings. The lowest BCUT2D eigenvalue weighted by Gasteiger charge is -2.21. The van der Waals surface area contributed by atoms with E-state index in [1.807, 2.05) is 78.9 Å². The van der Waals surface area contributed by atoms with E-state index in [1.165, 1.54) is 0 Å². The highest BCUT2D eigenvalue weighted by molar-refractivity contribution is 6.32. The summed E-state index contributed by atoms with van der Waals surface area (Å²) in [6.07, 6.45) is 0. The maximum absolute atomic E-state index is 13.6. The number of hydrogen-bond donors (Lipinski definition) is 0. The van der Waals surface area contributed by atoms with Crippen molar-refractivity contribution in [3.05, 3.63) is 113 Å². The van der Waals surface area contributed by atoms with Gasteiger partial charge < -0.3 is 4.90 Å². The lowest BCUT2D eigenvalue weighted by molar-refractivity contribution is -0.119. The molecule has 0 bridgehead atoms. The Morgan fingerprint density at radius 1 is 0.867 bits per heavy atom. The summed E-state index contributed by atoms with van der Waals surface area (Å²) in [5, 5.41) is 2.74. The Labute approximate surface area is 180 Å². The van der Waals surface area contributed by atoms with Crippen molar-refractivity contribution < 1.29 is 4.79 Å². The van der Waals surface area contributed by atoms with Crippen LogP contribution in [0.15, 0.2) is 96.0 Å². The summed E-state index contributed by atoms with van der Waals surface area (Å²) in [5.41, 5.74) is 4.28. The number of benzodiazepines with no additional fused rings is 1. The second kappa shape index (κ2) is 7.43. The van der Waals surface area contributed by atoms with Gasteiger partial charge >= 0.3 is 0 Å². The number of rotatable bonds is 2. The van der Waals surface area contributed by atoms with Crippen molar-refractivity contribution in [3.8, 4) is 0 Å². The van der Waals surface area contributed by atoms with E-state index in [4.69, 9.17) is 16.6 Å². The molecule has 0 saturated carbocycles. The van der Waals surface area contributed by atoms with E-state index >= 15 is 0 Å². The third-order valence-electron chi connectivity index (χ3n) is 5.56. The van der Waals surface area contributed by atoms with Gasteiger partial charge in [0.1, 0.15) is 0 Å². The number of aliphatic imine (C=N–C) groups is 1. The van der Waals surface area contributed by atoms with Gasteiger partial charge in [-0.1, -0.05) is 84.4 Å². The van der Waals surface area contributed by atoms with Crippen molar-refractivity contribution in [2.45, 2.75) is 6.04 Å². The molecule has 30 heavy (non-hydrogen) atoms. The van der Waals surface area contributed by atoms with Crippen LogP contribution in [0.2, 0.25) is 5.02 Å². The molecule has 146 valence electrons. The molecule has 4 aromatic carbocycles. The van der Waals surface area contributed by atoms with Gasteiger partial charge in [-0.15, -0.1) is 0 Å². The van der Waals surface area contributed by atoms with Crippen LogP contribution in [0, 0.1) is 0 Å². The summed E-state index contributed by atoms with van der Waals surface area (Å²) in [6.45, 7) is 0. The molecular formula is C26H19ClN2O. The zero-order valence-corrected chi connectivity index (χ0v) is 17.2. The van der Waals surface area contributed by atoms with E-state index in [-0.39, 0.29) is 5.91 Å². The van der Waals surface area contributed by atoms with Crippen LogP contribution in [0.25, 0.3) is 10.8 Å². The minimum absolute atomic E-state index is 0.0687. The normalized spacial score (nSPS) is 16.2. The van der Waals surface area contributed by atoms with E-state index in [9.17, 15) is 4.79 Å². The maximum Gasteiger partial charge on any atom is 0.256 e. The summed E-state index contributed by atoms with van der Waals surface area (Å²) >= 11 is 6.34. The van der Waals surface area contributed by atoms with Crippen molar-refractivity contribution in [2.24, 2.45) is 4.99 Å². The Balaban J connectivity index is 1.80. The molecule has 3 nitrogen and oxygen atoms in total. The molecule has 0 aliphatic carbocycles. The number of anilines is 1. The number of amides is 1. The van der Waals surface area contributed by atoms with Crippen molar-refractivity contribution >= 4 is 39.7 Å². The average Bonchev–Trinajstić information content (AvgIpc) is 2.89. The van der Waals surface area contributed by atoms with Crippen molar-refractivity contribution in [3.63, 3.8) is 0 Å². The monoisotopic (exact) mass is 410 g/mol. The predicted molar refractivity (Wildman–Crippen MR) is 124 cm³/mol. The van der Waals surface area contributed by atoms with Crippen LogP contribution >= 0.6 is 11.6 Å². The fourth-order valence-electron chi connectivity index (χ4n) is 4.06. The number of halogens is 1. The van der Waals surface area contributed by atoms with Crippen LogP contribution in [0.1, 0.15) is 22.7 Å². The van der Waals surface area contributed by atoms with Gasteiger partial charge in [-0.3, -0.25) is 9.79 Å². The molecule has 1 aliphatic rings.